The molecule has 0 aromatic carbocycles. The quantitative estimate of drug-likeness (QED) is 0.751. The number of aromatic nitrogens is 4. The summed E-state index contributed by atoms with van der Waals surface area (Å²) in [6.07, 6.45) is 0. The number of ether oxygens (including phenoxy) is 1. The number of H-pyrrole nitrogens is 1. The first kappa shape index (κ1) is 15.4. The molecular formula is C14H15N5O3S. The fraction of sp³-hybridized carbons (Fsp3) is 0.286. The van der Waals surface area contributed by atoms with E-state index in [9.17, 15) is 9.59 Å². The van der Waals surface area contributed by atoms with Gasteiger partial charge in [0.15, 0.2) is 5.82 Å². The number of aromatic amines is 1. The molecule has 23 heavy (non-hydrogen) atoms. The van der Waals surface area contributed by atoms with Crippen molar-refractivity contribution in [2.75, 3.05) is 21.2 Å². The van der Waals surface area contributed by atoms with E-state index < -0.39 is 11.2 Å². The molecule has 0 saturated carbocycles. The van der Waals surface area contributed by atoms with E-state index >= 15 is 0 Å². The van der Waals surface area contributed by atoms with E-state index in [0.29, 0.717) is 22.6 Å². The van der Waals surface area contributed by atoms with Gasteiger partial charge < -0.3 is 9.64 Å². The maximum absolute atomic E-state index is 12.8. The number of fused-ring (bicyclic) bond motifs is 1. The van der Waals surface area contributed by atoms with Crippen molar-refractivity contribution in [1.29, 1.82) is 0 Å². The van der Waals surface area contributed by atoms with E-state index in [4.69, 9.17) is 4.74 Å². The highest BCUT2D eigenvalue weighted by atomic mass is 32.1. The van der Waals surface area contributed by atoms with Gasteiger partial charge >= 0.3 is 5.69 Å². The Morgan fingerprint density at radius 2 is 2.09 bits per heavy atom. The van der Waals surface area contributed by atoms with Crippen LogP contribution in [0, 0.1) is 0 Å². The number of rotatable bonds is 4. The molecule has 0 bridgehead atoms. The molecule has 0 spiro atoms. The SMILES string of the molecule is COc1ccc(-n2c(=O)[nH]c3scc(CN(C)C)c3c2=O)nn1. The third kappa shape index (κ3) is 2.76. The highest BCUT2D eigenvalue weighted by molar-refractivity contribution is 7.16. The van der Waals surface area contributed by atoms with Gasteiger partial charge in [0.2, 0.25) is 5.88 Å². The van der Waals surface area contributed by atoms with Crippen molar-refractivity contribution < 1.29 is 4.74 Å². The Kier molecular flexibility index (Phi) is 3.97. The van der Waals surface area contributed by atoms with Crippen LogP contribution < -0.4 is 16.0 Å². The van der Waals surface area contributed by atoms with Gasteiger partial charge in [0.1, 0.15) is 4.83 Å². The summed E-state index contributed by atoms with van der Waals surface area (Å²) in [4.78, 5) is 30.3. The van der Waals surface area contributed by atoms with Crippen LogP contribution in [0.25, 0.3) is 16.0 Å². The van der Waals surface area contributed by atoms with Crippen molar-refractivity contribution in [1.82, 2.24) is 24.6 Å². The zero-order valence-electron chi connectivity index (χ0n) is 12.9. The second kappa shape index (κ2) is 5.94. The second-order valence-electron chi connectivity index (χ2n) is 5.21. The number of hydrogen-bond donors (Lipinski definition) is 1. The van der Waals surface area contributed by atoms with Crippen LogP contribution in [0.2, 0.25) is 0 Å². The average molecular weight is 333 g/mol. The summed E-state index contributed by atoms with van der Waals surface area (Å²) in [5.41, 5.74) is -0.0759. The second-order valence-corrected chi connectivity index (χ2v) is 6.09. The van der Waals surface area contributed by atoms with Gasteiger partial charge in [-0.1, -0.05) is 0 Å². The van der Waals surface area contributed by atoms with Crippen molar-refractivity contribution in [3.8, 4) is 11.7 Å². The lowest BCUT2D eigenvalue weighted by Crippen LogP contribution is -2.34. The molecule has 0 amide bonds. The van der Waals surface area contributed by atoms with Gasteiger partial charge in [-0.05, 0) is 31.1 Å². The molecule has 3 heterocycles. The predicted molar refractivity (Wildman–Crippen MR) is 87.6 cm³/mol. The van der Waals surface area contributed by atoms with E-state index in [-0.39, 0.29) is 5.82 Å². The molecule has 0 fully saturated rings. The molecule has 9 heteroatoms. The molecule has 0 aliphatic carbocycles. The van der Waals surface area contributed by atoms with Crippen LogP contribution in [0.1, 0.15) is 5.56 Å². The van der Waals surface area contributed by atoms with Crippen LogP contribution in [-0.4, -0.2) is 45.9 Å². The normalized spacial score (nSPS) is 11.3. The van der Waals surface area contributed by atoms with E-state index in [1.807, 2.05) is 24.4 Å². The summed E-state index contributed by atoms with van der Waals surface area (Å²) in [5, 5.41) is 10.1. The number of methoxy groups -OCH3 is 1. The van der Waals surface area contributed by atoms with Crippen LogP contribution in [0.4, 0.5) is 0 Å². The molecule has 3 aromatic rings. The van der Waals surface area contributed by atoms with Gasteiger partial charge in [0.05, 0.1) is 12.5 Å². The fourth-order valence-corrected chi connectivity index (χ4v) is 3.22. The highest BCUT2D eigenvalue weighted by Gasteiger charge is 2.16. The lowest BCUT2D eigenvalue weighted by atomic mass is 10.2. The molecule has 0 radical (unpaired) electrons. The minimum absolute atomic E-state index is 0.154. The van der Waals surface area contributed by atoms with Crippen LogP contribution in [0.3, 0.4) is 0 Å². The number of hydrogen-bond acceptors (Lipinski definition) is 7. The molecular weight excluding hydrogens is 318 g/mol. The van der Waals surface area contributed by atoms with Crippen LogP contribution in [0.15, 0.2) is 27.1 Å². The minimum atomic E-state index is -0.541. The molecule has 0 aliphatic heterocycles. The third-order valence-corrected chi connectivity index (χ3v) is 4.20. The summed E-state index contributed by atoms with van der Waals surface area (Å²) < 4.78 is 5.92. The average Bonchev–Trinajstić information content (AvgIpc) is 2.90. The first-order valence-corrected chi connectivity index (χ1v) is 7.67. The first-order valence-electron chi connectivity index (χ1n) is 6.79. The smallest absolute Gasteiger partial charge is 0.335 e. The summed E-state index contributed by atoms with van der Waals surface area (Å²) >= 11 is 1.34. The van der Waals surface area contributed by atoms with Crippen molar-refractivity contribution in [3.63, 3.8) is 0 Å². The standard InChI is InChI=1S/C14H15N5O3S/c1-18(2)6-8-7-23-12-11(8)13(20)19(14(21)15-12)9-4-5-10(22-3)17-16-9/h4-5,7H,6H2,1-3H3,(H,15,21). The van der Waals surface area contributed by atoms with Gasteiger partial charge in [-0.3, -0.25) is 9.78 Å². The number of nitrogens with zero attached hydrogens (tertiary/aromatic N) is 4. The molecule has 0 saturated heterocycles. The first-order chi connectivity index (χ1) is 11.0. The number of thiophene rings is 1. The van der Waals surface area contributed by atoms with E-state index in [1.54, 1.807) is 6.07 Å². The molecule has 0 aliphatic rings. The Balaban J connectivity index is 2.24. The molecule has 3 aromatic heterocycles. The maximum atomic E-state index is 12.8. The van der Waals surface area contributed by atoms with Gasteiger partial charge in [-0.15, -0.1) is 21.5 Å². The third-order valence-electron chi connectivity index (χ3n) is 3.26. The lowest BCUT2D eigenvalue weighted by Gasteiger charge is -2.08. The van der Waals surface area contributed by atoms with Gasteiger partial charge in [0.25, 0.3) is 5.56 Å². The van der Waals surface area contributed by atoms with Crippen LogP contribution >= 0.6 is 11.3 Å². The van der Waals surface area contributed by atoms with Crippen molar-refractivity contribution in [3.05, 3.63) is 43.9 Å². The van der Waals surface area contributed by atoms with Gasteiger partial charge in [-0.2, -0.15) is 0 Å². The topological polar surface area (TPSA) is 93.1 Å². The van der Waals surface area contributed by atoms with Crippen LogP contribution in [-0.2, 0) is 6.54 Å². The zero-order chi connectivity index (χ0) is 16.6. The molecule has 8 nitrogen and oxygen atoms in total. The highest BCUT2D eigenvalue weighted by Crippen LogP contribution is 2.21. The predicted octanol–water partition coefficient (Wildman–Crippen LogP) is 0.601. The molecule has 0 unspecified atom stereocenters. The summed E-state index contributed by atoms with van der Waals surface area (Å²) in [5.74, 6) is 0.462. The molecule has 3 rings (SSSR count). The largest absolute Gasteiger partial charge is 0.480 e. The van der Waals surface area contributed by atoms with Gasteiger partial charge in [0, 0.05) is 12.6 Å². The molecule has 120 valence electrons. The Bertz CT molecular complexity index is 955. The van der Waals surface area contributed by atoms with E-state index in [0.717, 1.165) is 10.1 Å². The summed E-state index contributed by atoms with van der Waals surface area (Å²) in [7, 11) is 5.30. The van der Waals surface area contributed by atoms with E-state index in [1.165, 1.54) is 24.5 Å². The Labute approximate surface area is 135 Å². The Morgan fingerprint density at radius 1 is 1.30 bits per heavy atom. The van der Waals surface area contributed by atoms with Crippen molar-refractivity contribution in [2.24, 2.45) is 0 Å². The Hall–Kier alpha value is -2.52. The Morgan fingerprint density at radius 3 is 2.70 bits per heavy atom. The van der Waals surface area contributed by atoms with Crippen molar-refractivity contribution in [2.45, 2.75) is 6.54 Å². The maximum Gasteiger partial charge on any atom is 0.335 e. The zero-order valence-corrected chi connectivity index (χ0v) is 13.7. The summed E-state index contributed by atoms with van der Waals surface area (Å²) in [6, 6.07) is 3.07. The lowest BCUT2D eigenvalue weighted by molar-refractivity contribution is 0.391. The van der Waals surface area contributed by atoms with E-state index in [2.05, 4.69) is 15.2 Å². The minimum Gasteiger partial charge on any atom is -0.480 e. The fourth-order valence-electron chi connectivity index (χ4n) is 2.28. The molecule has 0 atom stereocenters. The monoisotopic (exact) mass is 333 g/mol. The molecule has 1 N–H and O–H groups in total. The van der Waals surface area contributed by atoms with Crippen molar-refractivity contribution >= 4 is 21.6 Å². The number of nitrogens with one attached hydrogen (secondary N) is 1. The summed E-state index contributed by atoms with van der Waals surface area (Å²) in [6.45, 7) is 0.607. The van der Waals surface area contributed by atoms with Crippen LogP contribution in [0.5, 0.6) is 5.88 Å². The van der Waals surface area contributed by atoms with Gasteiger partial charge in [-0.25, -0.2) is 9.36 Å².